The molecule has 1 aromatic heterocycles. The normalized spacial score (nSPS) is 22.8. The van der Waals surface area contributed by atoms with Crippen molar-refractivity contribution in [2.75, 3.05) is 99.9 Å². The van der Waals surface area contributed by atoms with Crippen LogP contribution in [0.3, 0.4) is 0 Å². The molecule has 510 valence electrons. The molecule has 10 N–H and O–H groups in total. The monoisotopic (exact) mass is 1440 g/mol. The van der Waals surface area contributed by atoms with Crippen molar-refractivity contribution in [1.82, 2.24) is 41.5 Å². The van der Waals surface area contributed by atoms with E-state index >= 15 is 0 Å². The van der Waals surface area contributed by atoms with Gasteiger partial charge in [-0.1, -0.05) is 44.0 Å². The first kappa shape index (κ1) is 71.4. The number of benzene rings is 3. The maximum Gasteiger partial charge on any atom is 0.252 e. The van der Waals surface area contributed by atoms with Crippen molar-refractivity contribution in [3.8, 4) is 17.2 Å². The molecule has 4 aromatic rings. The number of alkyl halides is 2. The maximum absolute atomic E-state index is 14.3. The largest absolute Gasteiger partial charge is 0.507 e. The summed E-state index contributed by atoms with van der Waals surface area (Å²) in [4.78, 5) is 118. The number of hydrogen-bond acceptors (Lipinski definition) is 24. The number of carbonyl (C=O) groups excluding carboxylic acids is 8. The Labute approximate surface area is 556 Å². The SMILES string of the molecule is COc1cccc2c1C(=O)c1c(O)c3c(c(O)c1C2=O)C[C@@](O)(C(=O)NCCNC(=O)[C@H](C)NC(=O)[C@H](CC(N)=O)NC(=O)CCOCCOCCOCCOCCNC(=O)c1ccc2nc(CBr)c(CBr)nc2c1)C[C@@H]3O[C@H]1C[C@H]2[C@H](O[C@@H]3[C@@H](OC)OCCN32)[C@H](C)O1. The van der Waals surface area contributed by atoms with E-state index in [1.165, 1.54) is 39.3 Å². The average molecular weight is 1440 g/mol. The standard InChI is InChI=1S/C62H77Br2N9O21/c1-31(69-58(82)38(25-44(65)74)72-45(75)10-15-87-18-20-89-22-23-90-21-19-88-16-13-67-57(81)33-8-9-36-37(24-33)71-40(30-64)39(29-63)70-36)56(80)66-11-12-68-61(83)62(84)27-35-48(54(79)50-49(52(35)77)51(76)34-6-5-7-42(85-3)47(34)53(50)78)43(28-62)93-46-26-41-55(32(2)92-46)94-59-60(86-4)91-17-14-73(41)59/h5-9,24,31-32,38,41,43,46,55,59-60,77,79,84H,10-23,25-30H2,1-4H3,(H2,65,74)(H,66,80)(H,67,81)(H,68,83)(H,69,82)(H,72,75)/t31-,32-,38-,41-,43-,46-,55+,59+,60-,62-/m0/s1. The highest BCUT2D eigenvalue weighted by molar-refractivity contribution is 9.09. The zero-order valence-corrected chi connectivity index (χ0v) is 55.3. The number of nitrogens with one attached hydrogen (secondary N) is 5. The topological polar surface area (TPSA) is 405 Å². The molecule has 0 unspecified atom stereocenters. The highest BCUT2D eigenvalue weighted by Gasteiger charge is 2.55. The number of ketones is 2. The molecule has 3 aromatic carbocycles. The van der Waals surface area contributed by atoms with Crippen LogP contribution in [0, 0.1) is 0 Å². The van der Waals surface area contributed by atoms with Gasteiger partial charge in [0.05, 0.1) is 124 Å². The lowest BCUT2D eigenvalue weighted by molar-refractivity contribution is -0.256. The van der Waals surface area contributed by atoms with Gasteiger partial charge in [0.2, 0.25) is 29.4 Å². The molecular formula is C62H77Br2N9O21. The fourth-order valence-electron chi connectivity index (χ4n) is 12.0. The van der Waals surface area contributed by atoms with E-state index in [1.807, 2.05) is 0 Å². The molecule has 0 spiro atoms. The minimum atomic E-state index is -2.42. The third kappa shape index (κ3) is 16.5. The number of morpholine rings is 1. The number of aliphatic hydroxyl groups is 1. The Morgan fingerprint density at radius 3 is 2.15 bits per heavy atom. The van der Waals surface area contributed by atoms with Crippen molar-refractivity contribution in [1.29, 1.82) is 0 Å². The number of primary amides is 1. The van der Waals surface area contributed by atoms with Crippen LogP contribution in [0.1, 0.15) is 110 Å². The molecule has 3 fully saturated rings. The number of aromatic nitrogens is 2. The van der Waals surface area contributed by atoms with Gasteiger partial charge in [0.25, 0.3) is 11.8 Å². The molecule has 94 heavy (non-hydrogen) atoms. The Morgan fingerprint density at radius 2 is 1.47 bits per heavy atom. The highest BCUT2D eigenvalue weighted by Crippen LogP contribution is 2.53. The van der Waals surface area contributed by atoms with Crippen molar-refractivity contribution in [2.45, 2.75) is 117 Å². The summed E-state index contributed by atoms with van der Waals surface area (Å²) in [6, 6.07) is 6.53. The molecule has 2 aliphatic carbocycles. The van der Waals surface area contributed by atoms with Crippen LogP contribution in [0.4, 0.5) is 0 Å². The van der Waals surface area contributed by atoms with Crippen LogP contribution in [-0.4, -0.2) is 232 Å². The molecule has 30 nitrogen and oxygen atoms in total. The zero-order valence-electron chi connectivity index (χ0n) is 52.2. The number of nitrogens with two attached hydrogens (primary N) is 1. The minimum Gasteiger partial charge on any atom is -0.507 e. The van der Waals surface area contributed by atoms with Gasteiger partial charge in [0, 0.05) is 97.9 Å². The fourth-order valence-corrected chi connectivity index (χ4v) is 12.9. The van der Waals surface area contributed by atoms with Gasteiger partial charge in [-0.15, -0.1) is 0 Å². The highest BCUT2D eigenvalue weighted by atomic mass is 79.9. The van der Waals surface area contributed by atoms with Gasteiger partial charge in [0.1, 0.15) is 41.0 Å². The van der Waals surface area contributed by atoms with E-state index in [4.69, 9.17) is 53.1 Å². The summed E-state index contributed by atoms with van der Waals surface area (Å²) >= 11 is 6.85. The van der Waals surface area contributed by atoms with E-state index in [1.54, 1.807) is 25.1 Å². The molecule has 32 heteroatoms. The van der Waals surface area contributed by atoms with Crippen LogP contribution in [0.15, 0.2) is 36.4 Å². The summed E-state index contributed by atoms with van der Waals surface area (Å²) in [6.45, 7) is 5.41. The predicted octanol–water partition coefficient (Wildman–Crippen LogP) is 0.867. The second-order valence-corrected chi connectivity index (χ2v) is 23.9. The van der Waals surface area contributed by atoms with Crippen molar-refractivity contribution in [3.63, 3.8) is 0 Å². The number of phenols is 2. The van der Waals surface area contributed by atoms with Gasteiger partial charge in [-0.05, 0) is 38.1 Å². The number of halogens is 2. The summed E-state index contributed by atoms with van der Waals surface area (Å²) in [7, 11) is 2.82. The quantitative estimate of drug-likeness (QED) is 0.0164. The van der Waals surface area contributed by atoms with E-state index in [0.717, 1.165) is 11.4 Å². The van der Waals surface area contributed by atoms with Gasteiger partial charge in [-0.3, -0.25) is 43.3 Å². The van der Waals surface area contributed by atoms with Gasteiger partial charge in [-0.25, -0.2) is 9.97 Å². The number of carbonyl (C=O) groups is 8. The molecular weight excluding hydrogens is 1370 g/mol. The van der Waals surface area contributed by atoms with Crippen molar-refractivity contribution >= 4 is 89.9 Å². The first-order valence-corrected chi connectivity index (χ1v) is 32.8. The second kappa shape index (κ2) is 32.7. The first-order chi connectivity index (χ1) is 45.2. The zero-order chi connectivity index (χ0) is 67.4. The summed E-state index contributed by atoms with van der Waals surface area (Å²) in [5, 5.41) is 50.5. The van der Waals surface area contributed by atoms with Crippen LogP contribution in [0.5, 0.6) is 17.2 Å². The number of nitrogens with zero attached hydrogens (tertiary/aromatic N) is 3. The van der Waals surface area contributed by atoms with E-state index in [2.05, 4.69) is 73.3 Å². The van der Waals surface area contributed by atoms with Crippen molar-refractivity contribution in [2.24, 2.45) is 5.73 Å². The van der Waals surface area contributed by atoms with Crippen molar-refractivity contribution in [3.05, 3.63) is 86.7 Å². The predicted molar refractivity (Wildman–Crippen MR) is 336 cm³/mol. The summed E-state index contributed by atoms with van der Waals surface area (Å²) in [5.74, 6) is -7.49. The molecule has 10 atom stereocenters. The molecule has 9 rings (SSSR count). The number of ether oxygens (including phenoxy) is 10. The molecule has 6 amide bonds. The van der Waals surface area contributed by atoms with E-state index in [-0.39, 0.29) is 106 Å². The Kier molecular flexibility index (Phi) is 24.8. The Morgan fingerprint density at radius 1 is 0.798 bits per heavy atom. The van der Waals surface area contributed by atoms with Gasteiger partial charge in [-0.2, -0.15) is 0 Å². The number of methoxy groups -OCH3 is 2. The van der Waals surface area contributed by atoms with Gasteiger partial charge >= 0.3 is 0 Å². The van der Waals surface area contributed by atoms with E-state index < -0.39 is 138 Å². The molecule has 4 heterocycles. The number of phenolic OH excluding ortho intramolecular Hbond substituents is 2. The van der Waals surface area contributed by atoms with E-state index in [0.29, 0.717) is 60.2 Å². The Bertz CT molecular complexity index is 3480. The smallest absolute Gasteiger partial charge is 0.252 e. The lowest BCUT2D eigenvalue weighted by Crippen LogP contribution is -2.56. The Hall–Kier alpha value is -6.92. The van der Waals surface area contributed by atoms with E-state index in [9.17, 15) is 53.7 Å². The fraction of sp³-hybridized carbons (Fsp3) is 0.548. The van der Waals surface area contributed by atoms with Crippen LogP contribution in [-0.2, 0) is 83.7 Å². The second-order valence-electron chi connectivity index (χ2n) is 22.8. The van der Waals surface area contributed by atoms with Crippen LogP contribution < -0.4 is 37.1 Å². The third-order valence-electron chi connectivity index (χ3n) is 16.6. The summed E-state index contributed by atoms with van der Waals surface area (Å²) in [6.07, 6.45) is -6.57. The molecule has 3 saturated heterocycles. The molecule has 5 aliphatic rings. The lowest BCUT2D eigenvalue weighted by atomic mass is 9.72. The number of amides is 6. The number of rotatable bonds is 32. The molecule has 0 saturated carbocycles. The third-order valence-corrected chi connectivity index (χ3v) is 17.6. The molecule has 0 bridgehead atoms. The first-order valence-electron chi connectivity index (χ1n) is 30.6. The van der Waals surface area contributed by atoms with Crippen molar-refractivity contribution < 1.29 is 101 Å². The maximum atomic E-state index is 14.3. The summed E-state index contributed by atoms with van der Waals surface area (Å²) in [5.41, 5.74) is 4.70. The average Bonchev–Trinajstić information content (AvgIpc) is 0.839. The number of aromatic hydroxyl groups is 2. The molecule has 0 radical (unpaired) electrons. The lowest BCUT2D eigenvalue weighted by Gasteiger charge is -2.43. The van der Waals surface area contributed by atoms with Crippen LogP contribution in [0.25, 0.3) is 11.0 Å². The summed E-state index contributed by atoms with van der Waals surface area (Å²) < 4.78 is 58.1. The van der Waals surface area contributed by atoms with Gasteiger partial charge < -0.3 is 95.0 Å². The minimum absolute atomic E-state index is 0.0538. The van der Waals surface area contributed by atoms with Crippen LogP contribution in [0.2, 0.25) is 0 Å². The number of hydrogen-bond donors (Lipinski definition) is 9. The molecule has 3 aliphatic heterocycles. The van der Waals surface area contributed by atoms with Gasteiger partial charge in [0.15, 0.2) is 24.6 Å². The van der Waals surface area contributed by atoms with Crippen LogP contribution >= 0.6 is 31.9 Å². The number of fused-ring (bicyclic) bond motifs is 7. The Balaban J connectivity index is 0.693.